The molecule has 3 N–H and O–H groups in total. The lowest BCUT2D eigenvalue weighted by Crippen LogP contribution is -2.34. The van der Waals surface area contributed by atoms with Crippen molar-refractivity contribution in [2.45, 2.75) is 19.4 Å². The maximum absolute atomic E-state index is 11.6. The van der Waals surface area contributed by atoms with Gasteiger partial charge in [-0.05, 0) is 24.6 Å². The first-order valence-corrected chi connectivity index (χ1v) is 6.70. The summed E-state index contributed by atoms with van der Waals surface area (Å²) in [6, 6.07) is 6.69. The first kappa shape index (κ1) is 14.6. The average Bonchev–Trinajstić information content (AvgIpc) is 2.87. The summed E-state index contributed by atoms with van der Waals surface area (Å²) < 4.78 is 4.90. The first-order valence-electron chi connectivity index (χ1n) is 6.32. The molecule has 1 atom stereocenters. The monoisotopic (exact) mass is 293 g/mol. The van der Waals surface area contributed by atoms with Crippen LogP contribution in [0.1, 0.15) is 12.5 Å². The van der Waals surface area contributed by atoms with E-state index in [1.54, 1.807) is 19.2 Å². The predicted molar refractivity (Wildman–Crippen MR) is 77.3 cm³/mol. The molecule has 20 heavy (non-hydrogen) atoms. The van der Waals surface area contributed by atoms with Crippen LogP contribution in [-0.4, -0.2) is 28.8 Å². The van der Waals surface area contributed by atoms with Gasteiger partial charge in [-0.2, -0.15) is 5.10 Å². The van der Waals surface area contributed by atoms with Crippen LogP contribution >= 0.6 is 11.6 Å². The van der Waals surface area contributed by atoms with E-state index in [4.69, 9.17) is 22.1 Å². The Balaban J connectivity index is 2.19. The maximum Gasteiger partial charge on any atom is 0.323 e. The minimum Gasteiger partial charge on any atom is -0.465 e. The molecule has 0 spiro atoms. The highest BCUT2D eigenvalue weighted by Gasteiger charge is 2.18. The average molecular weight is 294 g/mol. The number of aromatic amines is 1. The standard InChI is InChI=1S/C14H16ClN3O2/c1-2-20-14(19)12(16)7-10-8-17-18-13(10)9-4-3-5-11(15)6-9/h3-6,8,12H,2,7,16H2,1H3,(H,17,18). The highest BCUT2D eigenvalue weighted by molar-refractivity contribution is 6.30. The lowest BCUT2D eigenvalue weighted by atomic mass is 10.0. The van der Waals surface area contributed by atoms with Crippen LogP contribution in [0, 0.1) is 0 Å². The number of rotatable bonds is 5. The number of ether oxygens (including phenoxy) is 1. The molecule has 0 saturated carbocycles. The Kier molecular flexibility index (Phi) is 4.76. The molecule has 5 nitrogen and oxygen atoms in total. The topological polar surface area (TPSA) is 81.0 Å². The normalized spacial score (nSPS) is 12.2. The quantitative estimate of drug-likeness (QED) is 0.828. The van der Waals surface area contributed by atoms with E-state index in [9.17, 15) is 4.79 Å². The van der Waals surface area contributed by atoms with Crippen molar-refractivity contribution < 1.29 is 9.53 Å². The van der Waals surface area contributed by atoms with Crippen LogP contribution in [0.4, 0.5) is 0 Å². The molecule has 0 bridgehead atoms. The third kappa shape index (κ3) is 3.37. The Bertz CT molecular complexity index is 598. The summed E-state index contributed by atoms with van der Waals surface area (Å²) >= 11 is 5.98. The van der Waals surface area contributed by atoms with E-state index < -0.39 is 12.0 Å². The molecule has 1 heterocycles. The fourth-order valence-corrected chi connectivity index (χ4v) is 2.12. The Labute approximate surface area is 122 Å². The van der Waals surface area contributed by atoms with Gasteiger partial charge in [0.25, 0.3) is 0 Å². The molecule has 1 aromatic heterocycles. The van der Waals surface area contributed by atoms with Gasteiger partial charge in [0.15, 0.2) is 0 Å². The second-order valence-electron chi connectivity index (χ2n) is 4.34. The number of carbonyl (C=O) groups is 1. The molecular formula is C14H16ClN3O2. The molecule has 2 rings (SSSR count). The molecule has 0 saturated heterocycles. The number of benzene rings is 1. The number of nitrogens with two attached hydrogens (primary N) is 1. The minimum atomic E-state index is -0.703. The number of halogens is 1. The van der Waals surface area contributed by atoms with Gasteiger partial charge in [0.1, 0.15) is 6.04 Å². The summed E-state index contributed by atoms with van der Waals surface area (Å²) in [4.78, 5) is 11.6. The molecule has 1 aromatic carbocycles. The Morgan fingerprint density at radius 1 is 1.55 bits per heavy atom. The van der Waals surface area contributed by atoms with Gasteiger partial charge in [0.05, 0.1) is 18.5 Å². The number of hydrogen-bond donors (Lipinski definition) is 2. The zero-order chi connectivity index (χ0) is 14.5. The van der Waals surface area contributed by atoms with E-state index in [0.29, 0.717) is 18.1 Å². The maximum atomic E-state index is 11.6. The number of hydrogen-bond acceptors (Lipinski definition) is 4. The SMILES string of the molecule is CCOC(=O)C(N)Cc1cn[nH]c1-c1cccc(Cl)c1. The van der Waals surface area contributed by atoms with Gasteiger partial charge in [-0.25, -0.2) is 0 Å². The van der Waals surface area contributed by atoms with Crippen molar-refractivity contribution in [2.75, 3.05) is 6.61 Å². The van der Waals surface area contributed by atoms with Crippen LogP contribution in [0.15, 0.2) is 30.5 Å². The smallest absolute Gasteiger partial charge is 0.323 e. The van der Waals surface area contributed by atoms with Gasteiger partial charge < -0.3 is 10.5 Å². The van der Waals surface area contributed by atoms with Crippen LogP contribution in [0.25, 0.3) is 11.3 Å². The highest BCUT2D eigenvalue weighted by atomic mass is 35.5. The van der Waals surface area contributed by atoms with Gasteiger partial charge in [-0.3, -0.25) is 9.89 Å². The summed E-state index contributed by atoms with van der Waals surface area (Å²) in [5, 5.41) is 7.56. The summed E-state index contributed by atoms with van der Waals surface area (Å²) in [5.41, 5.74) is 8.40. The van der Waals surface area contributed by atoms with Crippen LogP contribution < -0.4 is 5.73 Å². The van der Waals surface area contributed by atoms with Gasteiger partial charge >= 0.3 is 5.97 Å². The van der Waals surface area contributed by atoms with E-state index in [0.717, 1.165) is 16.8 Å². The largest absolute Gasteiger partial charge is 0.465 e. The molecule has 0 fully saturated rings. The molecule has 2 aromatic rings. The van der Waals surface area contributed by atoms with E-state index in [-0.39, 0.29) is 0 Å². The van der Waals surface area contributed by atoms with Crippen molar-refractivity contribution in [3.8, 4) is 11.3 Å². The zero-order valence-electron chi connectivity index (χ0n) is 11.1. The molecule has 0 aliphatic rings. The van der Waals surface area contributed by atoms with Crippen molar-refractivity contribution in [1.82, 2.24) is 10.2 Å². The van der Waals surface area contributed by atoms with E-state index in [2.05, 4.69) is 10.2 Å². The Morgan fingerprint density at radius 2 is 2.35 bits per heavy atom. The molecule has 0 aliphatic heterocycles. The third-order valence-corrected chi connectivity index (χ3v) is 3.10. The molecular weight excluding hydrogens is 278 g/mol. The second-order valence-corrected chi connectivity index (χ2v) is 4.78. The molecule has 1 unspecified atom stereocenters. The fourth-order valence-electron chi connectivity index (χ4n) is 1.93. The van der Waals surface area contributed by atoms with E-state index >= 15 is 0 Å². The Morgan fingerprint density at radius 3 is 3.05 bits per heavy atom. The summed E-state index contributed by atoms with van der Waals surface area (Å²) in [7, 11) is 0. The summed E-state index contributed by atoms with van der Waals surface area (Å²) in [6.45, 7) is 2.07. The number of H-pyrrole nitrogens is 1. The van der Waals surface area contributed by atoms with Gasteiger partial charge in [0, 0.05) is 17.0 Å². The van der Waals surface area contributed by atoms with Crippen LogP contribution in [-0.2, 0) is 16.0 Å². The number of carbonyl (C=O) groups excluding carboxylic acids is 1. The number of esters is 1. The first-order chi connectivity index (χ1) is 9.61. The number of nitrogens with zero attached hydrogens (tertiary/aromatic N) is 1. The molecule has 0 radical (unpaired) electrons. The third-order valence-electron chi connectivity index (χ3n) is 2.86. The van der Waals surface area contributed by atoms with Crippen molar-refractivity contribution in [1.29, 1.82) is 0 Å². The van der Waals surface area contributed by atoms with Crippen LogP contribution in [0.5, 0.6) is 0 Å². The van der Waals surface area contributed by atoms with Crippen LogP contribution in [0.2, 0.25) is 5.02 Å². The van der Waals surface area contributed by atoms with Crippen molar-refractivity contribution in [2.24, 2.45) is 5.73 Å². The predicted octanol–water partition coefficient (Wildman–Crippen LogP) is 2.16. The lowest BCUT2D eigenvalue weighted by molar-refractivity contribution is -0.144. The number of nitrogens with one attached hydrogen (secondary N) is 1. The van der Waals surface area contributed by atoms with Crippen molar-refractivity contribution in [3.05, 3.63) is 41.0 Å². The molecule has 0 aliphatic carbocycles. The summed E-state index contributed by atoms with van der Waals surface area (Å²) in [5.74, 6) is -0.411. The lowest BCUT2D eigenvalue weighted by Gasteiger charge is -2.10. The number of aromatic nitrogens is 2. The zero-order valence-corrected chi connectivity index (χ0v) is 11.9. The van der Waals surface area contributed by atoms with Crippen LogP contribution in [0.3, 0.4) is 0 Å². The van der Waals surface area contributed by atoms with E-state index in [1.165, 1.54) is 0 Å². The fraction of sp³-hybridized carbons (Fsp3) is 0.286. The molecule has 106 valence electrons. The van der Waals surface area contributed by atoms with E-state index in [1.807, 2.05) is 18.2 Å². The summed E-state index contributed by atoms with van der Waals surface area (Å²) in [6.07, 6.45) is 2.02. The van der Waals surface area contributed by atoms with Gasteiger partial charge in [0.2, 0.25) is 0 Å². The van der Waals surface area contributed by atoms with Gasteiger partial charge in [-0.1, -0.05) is 23.7 Å². The highest BCUT2D eigenvalue weighted by Crippen LogP contribution is 2.24. The molecule has 6 heteroatoms. The Hall–Kier alpha value is -1.85. The van der Waals surface area contributed by atoms with Gasteiger partial charge in [-0.15, -0.1) is 0 Å². The van der Waals surface area contributed by atoms with Crippen molar-refractivity contribution in [3.63, 3.8) is 0 Å². The minimum absolute atomic E-state index is 0.319. The van der Waals surface area contributed by atoms with Crippen molar-refractivity contribution >= 4 is 17.6 Å². The second kappa shape index (κ2) is 6.54. The molecule has 0 amide bonds.